The van der Waals surface area contributed by atoms with E-state index in [0.717, 1.165) is 12.1 Å². The number of carboxylic acid groups (broad SMARTS) is 1. The minimum absolute atomic E-state index is 0.0598. The second-order valence-electron chi connectivity index (χ2n) is 3.51. The van der Waals surface area contributed by atoms with Gasteiger partial charge in [-0.25, -0.2) is 0 Å². The number of hydrogen-bond acceptors (Lipinski definition) is 3. The second kappa shape index (κ2) is 5.45. The zero-order chi connectivity index (χ0) is 13.9. The third-order valence-corrected chi connectivity index (χ3v) is 2.35. The Morgan fingerprint density at radius 2 is 2.11 bits per heavy atom. The van der Waals surface area contributed by atoms with Crippen molar-refractivity contribution in [2.45, 2.75) is 12.2 Å². The highest BCUT2D eigenvalue weighted by Crippen LogP contribution is 2.36. The standard InChI is InChI=1S/C10H10ClF3N2O2/c11-5-1-2-8(6(3-5)10(12,13)14)16-4-7(15)9(17)18/h1-3,7,16H,4,15H2,(H,17,18). The van der Waals surface area contributed by atoms with Crippen LogP contribution in [0.4, 0.5) is 18.9 Å². The third-order valence-electron chi connectivity index (χ3n) is 2.12. The van der Waals surface area contributed by atoms with Crippen LogP contribution < -0.4 is 11.1 Å². The molecule has 0 amide bonds. The summed E-state index contributed by atoms with van der Waals surface area (Å²) in [5.74, 6) is -1.30. The van der Waals surface area contributed by atoms with Crippen LogP contribution in [0, 0.1) is 0 Å². The Bertz CT molecular complexity index is 451. The number of hydrogen-bond donors (Lipinski definition) is 3. The number of alkyl halides is 3. The van der Waals surface area contributed by atoms with Crippen molar-refractivity contribution in [1.82, 2.24) is 0 Å². The van der Waals surface area contributed by atoms with E-state index < -0.39 is 23.8 Å². The van der Waals surface area contributed by atoms with E-state index in [9.17, 15) is 18.0 Å². The summed E-state index contributed by atoms with van der Waals surface area (Å²) in [6.45, 7) is -0.319. The van der Waals surface area contributed by atoms with Crippen molar-refractivity contribution in [2.75, 3.05) is 11.9 Å². The molecule has 1 aromatic carbocycles. The van der Waals surface area contributed by atoms with Crippen LogP contribution in [0.2, 0.25) is 5.02 Å². The molecule has 0 spiro atoms. The molecule has 4 nitrogen and oxygen atoms in total. The normalized spacial score (nSPS) is 13.2. The monoisotopic (exact) mass is 282 g/mol. The van der Waals surface area contributed by atoms with Gasteiger partial charge in [0.2, 0.25) is 0 Å². The molecule has 0 saturated carbocycles. The van der Waals surface area contributed by atoms with Crippen molar-refractivity contribution in [3.05, 3.63) is 28.8 Å². The molecule has 0 aliphatic carbocycles. The summed E-state index contributed by atoms with van der Waals surface area (Å²) in [6.07, 6.45) is -4.58. The Kier molecular flexibility index (Phi) is 4.42. The second-order valence-corrected chi connectivity index (χ2v) is 3.95. The fourth-order valence-corrected chi connectivity index (χ4v) is 1.38. The Morgan fingerprint density at radius 1 is 1.50 bits per heavy atom. The molecular formula is C10H10ClF3N2O2. The van der Waals surface area contributed by atoms with Gasteiger partial charge in [0.1, 0.15) is 6.04 Å². The van der Waals surface area contributed by atoms with Gasteiger partial charge >= 0.3 is 12.1 Å². The van der Waals surface area contributed by atoms with Gasteiger partial charge < -0.3 is 16.2 Å². The van der Waals surface area contributed by atoms with E-state index in [2.05, 4.69) is 5.32 Å². The molecule has 4 N–H and O–H groups in total. The number of rotatable bonds is 4. The first kappa shape index (κ1) is 14.6. The predicted molar refractivity (Wildman–Crippen MR) is 60.6 cm³/mol. The molecule has 100 valence electrons. The minimum Gasteiger partial charge on any atom is -0.480 e. The zero-order valence-electron chi connectivity index (χ0n) is 8.96. The lowest BCUT2D eigenvalue weighted by Crippen LogP contribution is -2.37. The lowest BCUT2D eigenvalue weighted by molar-refractivity contribution is -0.138. The summed E-state index contributed by atoms with van der Waals surface area (Å²) in [5.41, 5.74) is 3.96. The maximum absolute atomic E-state index is 12.7. The average molecular weight is 283 g/mol. The summed E-state index contributed by atoms with van der Waals surface area (Å²) < 4.78 is 38.0. The molecule has 1 atom stereocenters. The fourth-order valence-electron chi connectivity index (χ4n) is 1.21. The lowest BCUT2D eigenvalue weighted by atomic mass is 10.1. The molecule has 0 radical (unpaired) electrons. The average Bonchev–Trinajstić information content (AvgIpc) is 2.25. The van der Waals surface area contributed by atoms with E-state index in [-0.39, 0.29) is 17.3 Å². The Hall–Kier alpha value is -1.47. The van der Waals surface area contributed by atoms with E-state index in [1.54, 1.807) is 0 Å². The number of aliphatic carboxylic acids is 1. The lowest BCUT2D eigenvalue weighted by Gasteiger charge is -2.16. The third kappa shape index (κ3) is 3.78. The molecular weight excluding hydrogens is 273 g/mol. The quantitative estimate of drug-likeness (QED) is 0.791. The number of nitrogens with one attached hydrogen (secondary N) is 1. The first-order valence-corrected chi connectivity index (χ1v) is 5.18. The smallest absolute Gasteiger partial charge is 0.418 e. The van der Waals surface area contributed by atoms with Crippen LogP contribution in [0.5, 0.6) is 0 Å². The molecule has 8 heteroatoms. The highest BCUT2D eigenvalue weighted by atomic mass is 35.5. The molecule has 18 heavy (non-hydrogen) atoms. The van der Waals surface area contributed by atoms with Crippen LogP contribution in [0.3, 0.4) is 0 Å². The van der Waals surface area contributed by atoms with E-state index >= 15 is 0 Å². The van der Waals surface area contributed by atoms with Gasteiger partial charge in [0.15, 0.2) is 0 Å². The van der Waals surface area contributed by atoms with E-state index in [1.165, 1.54) is 6.07 Å². The molecule has 1 rings (SSSR count). The molecule has 0 aliphatic heterocycles. The number of carbonyl (C=O) groups is 1. The molecule has 0 heterocycles. The van der Waals surface area contributed by atoms with Gasteiger partial charge in [-0.15, -0.1) is 0 Å². The van der Waals surface area contributed by atoms with Crippen molar-refractivity contribution in [3.63, 3.8) is 0 Å². The van der Waals surface area contributed by atoms with Crippen molar-refractivity contribution < 1.29 is 23.1 Å². The number of carboxylic acids is 1. The summed E-state index contributed by atoms with van der Waals surface area (Å²) in [7, 11) is 0. The van der Waals surface area contributed by atoms with Crippen molar-refractivity contribution >= 4 is 23.3 Å². The van der Waals surface area contributed by atoms with Crippen LogP contribution in [0.1, 0.15) is 5.56 Å². The van der Waals surface area contributed by atoms with E-state index in [0.29, 0.717) is 0 Å². The Labute approximate surface area is 106 Å². The van der Waals surface area contributed by atoms with Gasteiger partial charge in [-0.2, -0.15) is 13.2 Å². The molecule has 1 unspecified atom stereocenters. The maximum atomic E-state index is 12.7. The van der Waals surface area contributed by atoms with E-state index in [4.69, 9.17) is 22.4 Å². The molecule has 1 aromatic rings. The summed E-state index contributed by atoms with van der Waals surface area (Å²) in [6, 6.07) is 1.86. The first-order chi connectivity index (χ1) is 8.21. The van der Waals surface area contributed by atoms with Gasteiger partial charge in [0, 0.05) is 17.3 Å². The summed E-state index contributed by atoms with van der Waals surface area (Å²) >= 11 is 5.49. The summed E-state index contributed by atoms with van der Waals surface area (Å²) in [4.78, 5) is 10.4. The van der Waals surface area contributed by atoms with Crippen LogP contribution >= 0.6 is 11.6 Å². The van der Waals surface area contributed by atoms with Crippen LogP contribution in [-0.2, 0) is 11.0 Å². The fraction of sp³-hybridized carbons (Fsp3) is 0.300. The van der Waals surface area contributed by atoms with Crippen molar-refractivity contribution in [3.8, 4) is 0 Å². The van der Waals surface area contributed by atoms with Gasteiger partial charge in [-0.3, -0.25) is 4.79 Å². The van der Waals surface area contributed by atoms with Crippen LogP contribution in [0.15, 0.2) is 18.2 Å². The number of nitrogens with two attached hydrogens (primary N) is 1. The molecule has 0 aromatic heterocycles. The number of halogens is 4. The number of benzene rings is 1. The molecule has 0 fully saturated rings. The van der Waals surface area contributed by atoms with Gasteiger partial charge in [0.25, 0.3) is 0 Å². The first-order valence-electron chi connectivity index (χ1n) is 4.81. The van der Waals surface area contributed by atoms with Gasteiger partial charge in [-0.1, -0.05) is 11.6 Å². The predicted octanol–water partition coefficient (Wildman–Crippen LogP) is 2.18. The Morgan fingerprint density at radius 3 is 2.61 bits per heavy atom. The maximum Gasteiger partial charge on any atom is 0.418 e. The van der Waals surface area contributed by atoms with E-state index in [1.807, 2.05) is 0 Å². The largest absolute Gasteiger partial charge is 0.480 e. The van der Waals surface area contributed by atoms with Crippen molar-refractivity contribution in [2.24, 2.45) is 5.73 Å². The summed E-state index contributed by atoms with van der Waals surface area (Å²) in [5, 5.41) is 10.8. The topological polar surface area (TPSA) is 75.3 Å². The minimum atomic E-state index is -4.58. The zero-order valence-corrected chi connectivity index (χ0v) is 9.72. The molecule has 0 aliphatic rings. The highest BCUT2D eigenvalue weighted by molar-refractivity contribution is 6.30. The van der Waals surface area contributed by atoms with Gasteiger partial charge in [-0.05, 0) is 18.2 Å². The number of anilines is 1. The molecule has 0 bridgehead atoms. The van der Waals surface area contributed by atoms with Crippen LogP contribution in [0.25, 0.3) is 0 Å². The highest BCUT2D eigenvalue weighted by Gasteiger charge is 2.33. The Balaban J connectivity index is 2.92. The van der Waals surface area contributed by atoms with Crippen LogP contribution in [-0.4, -0.2) is 23.7 Å². The SMILES string of the molecule is NC(CNc1ccc(Cl)cc1C(F)(F)F)C(=O)O. The van der Waals surface area contributed by atoms with Crippen molar-refractivity contribution in [1.29, 1.82) is 0 Å². The van der Waals surface area contributed by atoms with Gasteiger partial charge in [0.05, 0.1) is 5.56 Å². The molecule has 0 saturated heterocycles.